The van der Waals surface area contributed by atoms with Crippen LogP contribution in [0.25, 0.3) is 0 Å². The van der Waals surface area contributed by atoms with E-state index in [4.69, 9.17) is 4.74 Å². The maximum Gasteiger partial charge on any atom is 0.350 e. The van der Waals surface area contributed by atoms with E-state index in [1.165, 1.54) is 18.1 Å². The van der Waals surface area contributed by atoms with Gasteiger partial charge in [0.2, 0.25) is 5.91 Å². The fraction of sp³-hybridized carbons (Fsp3) is 0.438. The van der Waals surface area contributed by atoms with Crippen molar-refractivity contribution in [3.63, 3.8) is 0 Å². The lowest BCUT2D eigenvalue weighted by Crippen LogP contribution is -2.14. The van der Waals surface area contributed by atoms with Crippen molar-refractivity contribution in [3.8, 4) is 0 Å². The van der Waals surface area contributed by atoms with E-state index in [9.17, 15) is 9.59 Å². The molecule has 0 fully saturated rings. The van der Waals surface area contributed by atoms with Gasteiger partial charge in [-0.05, 0) is 25.8 Å². The number of carbonyl (C=O) groups excluding carboxylic acids is 2. The first-order valence-electron chi connectivity index (χ1n) is 7.71. The molecular weight excluding hydrogens is 360 g/mol. The number of esters is 1. The van der Waals surface area contributed by atoms with E-state index in [1.54, 1.807) is 6.92 Å². The highest BCUT2D eigenvalue weighted by Gasteiger charge is 2.18. The number of ether oxygens (including phenoxy) is 1. The third kappa shape index (κ3) is 6.09. The first-order chi connectivity index (χ1) is 11.8. The Morgan fingerprint density at radius 1 is 1.32 bits per heavy atom. The van der Waals surface area contributed by atoms with E-state index >= 15 is 0 Å². The summed E-state index contributed by atoms with van der Waals surface area (Å²) in [6, 6.07) is 1.81. The molecule has 0 aromatic carbocycles. The largest absolute Gasteiger partial charge is 0.461 e. The average Bonchev–Trinajstić information content (AvgIpc) is 2.91. The fourth-order valence-corrected chi connectivity index (χ4v) is 3.35. The number of amides is 1. The van der Waals surface area contributed by atoms with Gasteiger partial charge in [-0.25, -0.2) is 19.7 Å². The van der Waals surface area contributed by atoms with Crippen molar-refractivity contribution in [1.29, 1.82) is 0 Å². The number of thioether (sulfide) groups is 1. The number of hydrogen-bond donors (Lipinski definition) is 1. The second kappa shape index (κ2) is 8.91. The quantitative estimate of drug-likeness (QED) is 0.448. The summed E-state index contributed by atoms with van der Waals surface area (Å²) >= 11 is 2.43. The summed E-state index contributed by atoms with van der Waals surface area (Å²) in [5, 5.41) is 3.82. The minimum absolute atomic E-state index is 0.197. The highest BCUT2D eigenvalue weighted by atomic mass is 32.2. The third-order valence-corrected chi connectivity index (χ3v) is 4.88. The van der Waals surface area contributed by atoms with E-state index < -0.39 is 5.97 Å². The third-order valence-electron chi connectivity index (χ3n) is 2.91. The van der Waals surface area contributed by atoms with Crippen LogP contribution in [0.3, 0.4) is 0 Å². The van der Waals surface area contributed by atoms with Crippen LogP contribution in [0.15, 0.2) is 17.4 Å². The number of rotatable bonds is 7. The maximum atomic E-state index is 12.1. The normalized spacial score (nSPS) is 10.8. The van der Waals surface area contributed by atoms with Gasteiger partial charge in [0.05, 0.1) is 18.1 Å². The average molecular weight is 380 g/mol. The molecule has 0 spiro atoms. The van der Waals surface area contributed by atoms with Crippen LogP contribution in [0.1, 0.15) is 34.9 Å². The highest BCUT2D eigenvalue weighted by molar-refractivity contribution is 7.99. The summed E-state index contributed by atoms with van der Waals surface area (Å²) in [6.45, 7) is 7.87. The molecule has 9 heteroatoms. The van der Waals surface area contributed by atoms with Gasteiger partial charge in [0.1, 0.15) is 16.2 Å². The Hall–Kier alpha value is -2.00. The lowest BCUT2D eigenvalue weighted by Gasteiger charge is -2.05. The molecule has 0 radical (unpaired) electrons. The fourth-order valence-electron chi connectivity index (χ4n) is 1.75. The first-order valence-corrected chi connectivity index (χ1v) is 9.51. The van der Waals surface area contributed by atoms with Crippen LogP contribution in [0, 0.1) is 19.8 Å². The maximum absolute atomic E-state index is 12.1. The summed E-state index contributed by atoms with van der Waals surface area (Å²) in [5.41, 5.74) is 1.39. The molecule has 0 atom stereocenters. The summed E-state index contributed by atoms with van der Waals surface area (Å²) in [4.78, 5) is 36.8. The summed E-state index contributed by atoms with van der Waals surface area (Å²) < 4.78 is 5.21. The molecule has 1 amide bonds. The zero-order valence-corrected chi connectivity index (χ0v) is 16.2. The van der Waals surface area contributed by atoms with Gasteiger partial charge < -0.3 is 10.1 Å². The van der Waals surface area contributed by atoms with Gasteiger partial charge in [-0.15, -0.1) is 0 Å². The Bertz CT molecular complexity index is 762. The van der Waals surface area contributed by atoms with Crippen molar-refractivity contribution in [2.75, 3.05) is 17.7 Å². The summed E-state index contributed by atoms with van der Waals surface area (Å²) in [5.74, 6) is -0.159. The van der Waals surface area contributed by atoms with Crippen LogP contribution in [0.2, 0.25) is 0 Å². The lowest BCUT2D eigenvalue weighted by atomic mass is 10.2. The van der Waals surface area contributed by atoms with Gasteiger partial charge in [-0.2, -0.15) is 0 Å². The van der Waals surface area contributed by atoms with Gasteiger partial charge >= 0.3 is 5.97 Å². The van der Waals surface area contributed by atoms with Gasteiger partial charge in [-0.3, -0.25) is 4.79 Å². The van der Waals surface area contributed by atoms with Gasteiger partial charge in [-0.1, -0.05) is 36.9 Å². The summed E-state index contributed by atoms with van der Waals surface area (Å²) in [6.07, 6.45) is 1.47. The number of carbonyl (C=O) groups is 2. The SMILES string of the molecule is Cc1cc(SCC(=O)Nc2nc(C)c(C(=O)OCC(C)C)s2)ncn1. The van der Waals surface area contributed by atoms with Gasteiger partial charge in [0.25, 0.3) is 0 Å². The Morgan fingerprint density at radius 3 is 2.76 bits per heavy atom. The number of nitrogens with one attached hydrogen (secondary N) is 1. The molecule has 0 unspecified atom stereocenters. The standard InChI is InChI=1S/C16H20N4O3S2/c1-9(2)6-23-15(22)14-11(4)19-16(25-14)20-12(21)7-24-13-5-10(3)17-8-18-13/h5,8-9H,6-7H2,1-4H3,(H,19,20,21). The molecule has 0 bridgehead atoms. The molecule has 2 aromatic rings. The molecule has 0 aliphatic heterocycles. The molecule has 2 heterocycles. The number of hydrogen-bond acceptors (Lipinski definition) is 8. The van der Waals surface area contributed by atoms with Gasteiger partial charge in [0, 0.05) is 5.69 Å². The van der Waals surface area contributed by atoms with Crippen LogP contribution >= 0.6 is 23.1 Å². The summed E-state index contributed by atoms with van der Waals surface area (Å²) in [7, 11) is 0. The van der Waals surface area contributed by atoms with Crippen LogP contribution in [-0.4, -0.2) is 39.2 Å². The molecule has 7 nitrogen and oxygen atoms in total. The number of thiazole rings is 1. The Morgan fingerprint density at radius 2 is 2.08 bits per heavy atom. The Balaban J connectivity index is 1.90. The minimum Gasteiger partial charge on any atom is -0.461 e. The second-order valence-electron chi connectivity index (χ2n) is 5.76. The van der Waals surface area contributed by atoms with Crippen molar-refractivity contribution in [2.24, 2.45) is 5.92 Å². The van der Waals surface area contributed by atoms with Crippen molar-refractivity contribution < 1.29 is 14.3 Å². The molecule has 134 valence electrons. The van der Waals surface area contributed by atoms with Crippen molar-refractivity contribution >= 4 is 40.1 Å². The molecule has 2 rings (SSSR count). The molecule has 1 N–H and O–H groups in total. The van der Waals surface area contributed by atoms with E-state index in [2.05, 4.69) is 20.3 Å². The Kier molecular flexibility index (Phi) is 6.89. The molecule has 0 aliphatic carbocycles. The van der Waals surface area contributed by atoms with Crippen LogP contribution < -0.4 is 5.32 Å². The molecular formula is C16H20N4O3S2. The number of nitrogens with zero attached hydrogens (tertiary/aromatic N) is 3. The number of anilines is 1. The lowest BCUT2D eigenvalue weighted by molar-refractivity contribution is -0.113. The minimum atomic E-state index is -0.407. The molecule has 0 aliphatic rings. The van der Waals surface area contributed by atoms with Crippen molar-refractivity contribution in [3.05, 3.63) is 28.7 Å². The smallest absolute Gasteiger partial charge is 0.350 e. The van der Waals surface area contributed by atoms with E-state index in [0.29, 0.717) is 22.3 Å². The number of aromatic nitrogens is 3. The molecule has 25 heavy (non-hydrogen) atoms. The topological polar surface area (TPSA) is 94.1 Å². The van der Waals surface area contributed by atoms with Crippen LogP contribution in [-0.2, 0) is 9.53 Å². The Labute approximate surface area is 154 Å². The zero-order chi connectivity index (χ0) is 18.4. The second-order valence-corrected chi connectivity index (χ2v) is 7.76. The molecule has 2 aromatic heterocycles. The predicted octanol–water partition coefficient (Wildman–Crippen LogP) is 3.09. The van der Waals surface area contributed by atoms with Crippen LogP contribution in [0.5, 0.6) is 0 Å². The van der Waals surface area contributed by atoms with Crippen molar-refractivity contribution in [1.82, 2.24) is 15.0 Å². The first kappa shape index (κ1) is 19.3. The van der Waals surface area contributed by atoms with Crippen molar-refractivity contribution in [2.45, 2.75) is 32.7 Å². The predicted molar refractivity (Wildman–Crippen MR) is 98.1 cm³/mol. The monoisotopic (exact) mass is 380 g/mol. The van der Waals surface area contributed by atoms with E-state index in [0.717, 1.165) is 22.1 Å². The van der Waals surface area contributed by atoms with Gasteiger partial charge in [0.15, 0.2) is 5.13 Å². The van der Waals surface area contributed by atoms with E-state index in [1.807, 2.05) is 26.8 Å². The van der Waals surface area contributed by atoms with Crippen LogP contribution in [0.4, 0.5) is 5.13 Å². The zero-order valence-electron chi connectivity index (χ0n) is 14.5. The highest BCUT2D eigenvalue weighted by Crippen LogP contribution is 2.24. The number of aryl methyl sites for hydroxylation is 2. The molecule has 0 saturated heterocycles. The van der Waals surface area contributed by atoms with E-state index in [-0.39, 0.29) is 17.6 Å². The molecule has 0 saturated carbocycles.